The van der Waals surface area contributed by atoms with Crippen LogP contribution in [0.4, 0.5) is 5.95 Å². The number of benzene rings is 1. The average Bonchev–Trinajstić information content (AvgIpc) is 3.20. The van der Waals surface area contributed by atoms with Gasteiger partial charge in [-0.05, 0) is 38.1 Å². The first-order valence-corrected chi connectivity index (χ1v) is 8.74. The lowest BCUT2D eigenvalue weighted by Crippen LogP contribution is -2.28. The van der Waals surface area contributed by atoms with E-state index in [1.807, 2.05) is 35.8 Å². The average molecular weight is 402 g/mol. The van der Waals surface area contributed by atoms with Crippen LogP contribution in [-0.4, -0.2) is 22.1 Å². The van der Waals surface area contributed by atoms with Crippen molar-refractivity contribution in [1.29, 1.82) is 0 Å². The summed E-state index contributed by atoms with van der Waals surface area (Å²) in [5, 5.41) is 3.23. The van der Waals surface area contributed by atoms with Gasteiger partial charge in [-0.2, -0.15) is 0 Å². The zero-order valence-electron chi connectivity index (χ0n) is 13.7. The third-order valence-corrected chi connectivity index (χ3v) is 4.73. The molecule has 0 saturated heterocycles. The fraction of sp³-hybridized carbons (Fsp3) is 0.222. The third kappa shape index (κ3) is 2.55. The summed E-state index contributed by atoms with van der Waals surface area (Å²) < 4.78 is 13.5. The Labute approximate surface area is 152 Å². The smallest absolute Gasteiger partial charge is 0.338 e. The van der Waals surface area contributed by atoms with Crippen molar-refractivity contribution in [2.24, 2.45) is 0 Å². The summed E-state index contributed by atoms with van der Waals surface area (Å²) >= 11 is 3.48. The lowest BCUT2D eigenvalue weighted by atomic mass is 9.97. The molecule has 2 aromatic heterocycles. The van der Waals surface area contributed by atoms with E-state index in [-0.39, 0.29) is 12.0 Å². The number of nitrogens with zero attached hydrogens (tertiary/aromatic N) is 2. The number of fused-ring (bicyclic) bond motifs is 3. The SMILES string of the molecule is CCOC(=O)C1=C(C)Nc2nc3cc(Br)ccc3n2C1c1ccoc1. The Bertz CT molecular complexity index is 989. The molecule has 1 aromatic carbocycles. The highest BCUT2D eigenvalue weighted by atomic mass is 79.9. The van der Waals surface area contributed by atoms with E-state index in [2.05, 4.69) is 26.2 Å². The molecule has 0 aliphatic carbocycles. The van der Waals surface area contributed by atoms with Crippen LogP contribution in [0, 0.1) is 0 Å². The van der Waals surface area contributed by atoms with Crippen LogP contribution in [0.3, 0.4) is 0 Å². The molecule has 6 nitrogen and oxygen atoms in total. The highest BCUT2D eigenvalue weighted by Crippen LogP contribution is 2.40. The van der Waals surface area contributed by atoms with Gasteiger partial charge in [-0.15, -0.1) is 0 Å². The number of hydrogen-bond acceptors (Lipinski definition) is 5. The summed E-state index contributed by atoms with van der Waals surface area (Å²) in [5.41, 5.74) is 3.91. The maximum atomic E-state index is 12.6. The molecule has 25 heavy (non-hydrogen) atoms. The summed E-state index contributed by atoms with van der Waals surface area (Å²) in [6, 6.07) is 7.39. The molecule has 1 unspecified atom stereocenters. The standard InChI is InChI=1S/C18H16BrN3O3/c1-3-25-17(23)15-10(2)20-18-21-13-8-12(19)4-5-14(13)22(18)16(15)11-6-7-24-9-11/h4-9,16H,3H2,1-2H3,(H,20,21). The minimum absolute atomic E-state index is 0.318. The summed E-state index contributed by atoms with van der Waals surface area (Å²) in [6.07, 6.45) is 3.25. The second kappa shape index (κ2) is 6.07. The summed E-state index contributed by atoms with van der Waals surface area (Å²) in [7, 11) is 0. The van der Waals surface area contributed by atoms with Gasteiger partial charge in [-0.25, -0.2) is 9.78 Å². The van der Waals surface area contributed by atoms with Crippen LogP contribution < -0.4 is 5.32 Å². The highest BCUT2D eigenvalue weighted by molar-refractivity contribution is 9.10. The molecule has 0 spiro atoms. The topological polar surface area (TPSA) is 69.3 Å². The fourth-order valence-electron chi connectivity index (χ4n) is 3.21. The maximum absolute atomic E-state index is 12.6. The molecule has 1 aliphatic rings. The number of halogens is 1. The molecular weight excluding hydrogens is 386 g/mol. The molecule has 4 rings (SSSR count). The molecule has 1 atom stereocenters. The molecule has 0 radical (unpaired) electrons. The van der Waals surface area contributed by atoms with Crippen LogP contribution in [0.2, 0.25) is 0 Å². The van der Waals surface area contributed by atoms with E-state index in [1.54, 1.807) is 19.5 Å². The minimum Gasteiger partial charge on any atom is -0.472 e. The number of carbonyl (C=O) groups excluding carboxylic acids is 1. The lowest BCUT2D eigenvalue weighted by Gasteiger charge is -2.29. The number of nitrogens with one attached hydrogen (secondary N) is 1. The summed E-state index contributed by atoms with van der Waals surface area (Å²) in [4.78, 5) is 17.3. The van der Waals surface area contributed by atoms with Crippen LogP contribution >= 0.6 is 15.9 Å². The maximum Gasteiger partial charge on any atom is 0.338 e. The Balaban J connectivity index is 1.97. The lowest BCUT2D eigenvalue weighted by molar-refractivity contribution is -0.139. The second-order valence-corrected chi connectivity index (χ2v) is 6.70. The number of ether oxygens (including phenoxy) is 1. The monoisotopic (exact) mass is 401 g/mol. The third-order valence-electron chi connectivity index (χ3n) is 4.24. The van der Waals surface area contributed by atoms with E-state index >= 15 is 0 Å². The predicted molar refractivity (Wildman–Crippen MR) is 97.2 cm³/mol. The first kappa shape index (κ1) is 16.0. The van der Waals surface area contributed by atoms with Crippen molar-refractivity contribution in [1.82, 2.24) is 9.55 Å². The largest absolute Gasteiger partial charge is 0.472 e. The molecule has 128 valence electrons. The van der Waals surface area contributed by atoms with E-state index in [0.29, 0.717) is 18.1 Å². The molecule has 1 aliphatic heterocycles. The van der Waals surface area contributed by atoms with Gasteiger partial charge in [0, 0.05) is 15.7 Å². The van der Waals surface area contributed by atoms with Crippen molar-refractivity contribution in [2.75, 3.05) is 11.9 Å². The number of anilines is 1. The van der Waals surface area contributed by atoms with Crippen molar-refractivity contribution < 1.29 is 13.9 Å². The summed E-state index contributed by atoms with van der Waals surface area (Å²) in [6.45, 7) is 3.97. The van der Waals surface area contributed by atoms with Crippen molar-refractivity contribution in [3.05, 3.63) is 58.1 Å². The van der Waals surface area contributed by atoms with Crippen molar-refractivity contribution in [2.45, 2.75) is 19.9 Å². The number of allylic oxidation sites excluding steroid dienone is 1. The van der Waals surface area contributed by atoms with Gasteiger partial charge in [-0.1, -0.05) is 15.9 Å². The molecule has 3 aromatic rings. The normalized spacial score (nSPS) is 16.7. The van der Waals surface area contributed by atoms with Crippen LogP contribution in [0.15, 0.2) is 57.0 Å². The van der Waals surface area contributed by atoms with Gasteiger partial charge in [0.2, 0.25) is 5.95 Å². The first-order chi connectivity index (χ1) is 12.1. The fourth-order valence-corrected chi connectivity index (χ4v) is 3.56. The van der Waals surface area contributed by atoms with Crippen LogP contribution in [0.1, 0.15) is 25.5 Å². The van der Waals surface area contributed by atoms with Gasteiger partial charge < -0.3 is 14.5 Å². The number of hydrogen-bond donors (Lipinski definition) is 1. The van der Waals surface area contributed by atoms with Crippen molar-refractivity contribution >= 4 is 38.9 Å². The van der Waals surface area contributed by atoms with Gasteiger partial charge in [0.25, 0.3) is 0 Å². The zero-order chi connectivity index (χ0) is 17.6. The van der Waals surface area contributed by atoms with Crippen LogP contribution in [0.5, 0.6) is 0 Å². The van der Waals surface area contributed by atoms with Crippen molar-refractivity contribution in [3.8, 4) is 0 Å². The highest BCUT2D eigenvalue weighted by Gasteiger charge is 2.35. The van der Waals surface area contributed by atoms with Gasteiger partial charge in [0.15, 0.2) is 0 Å². The predicted octanol–water partition coefficient (Wildman–Crippen LogP) is 4.24. The van der Waals surface area contributed by atoms with Gasteiger partial charge in [0.1, 0.15) is 0 Å². The summed E-state index contributed by atoms with van der Waals surface area (Å²) in [5.74, 6) is 0.341. The number of imidazole rings is 1. The van der Waals surface area contributed by atoms with Crippen LogP contribution in [0.25, 0.3) is 11.0 Å². The molecule has 7 heteroatoms. The number of furan rings is 1. The van der Waals surface area contributed by atoms with Gasteiger partial charge >= 0.3 is 5.97 Å². The van der Waals surface area contributed by atoms with E-state index in [1.165, 1.54) is 0 Å². The molecule has 0 saturated carbocycles. The Morgan fingerprint density at radius 3 is 3.00 bits per heavy atom. The van der Waals surface area contributed by atoms with Gasteiger partial charge in [-0.3, -0.25) is 4.57 Å². The number of carbonyl (C=O) groups is 1. The Kier molecular flexibility index (Phi) is 3.88. The molecule has 1 N–H and O–H groups in total. The Morgan fingerprint density at radius 2 is 2.28 bits per heavy atom. The van der Waals surface area contributed by atoms with Gasteiger partial charge in [0.05, 0.1) is 41.8 Å². The Morgan fingerprint density at radius 1 is 1.44 bits per heavy atom. The quantitative estimate of drug-likeness (QED) is 0.664. The van der Waals surface area contributed by atoms with Crippen molar-refractivity contribution in [3.63, 3.8) is 0 Å². The molecule has 3 heterocycles. The second-order valence-electron chi connectivity index (χ2n) is 5.78. The number of aromatic nitrogens is 2. The van der Waals surface area contributed by atoms with E-state index < -0.39 is 0 Å². The first-order valence-electron chi connectivity index (χ1n) is 7.94. The van der Waals surface area contributed by atoms with E-state index in [0.717, 1.165) is 26.8 Å². The molecule has 0 fully saturated rings. The number of rotatable bonds is 3. The van der Waals surface area contributed by atoms with Crippen LogP contribution in [-0.2, 0) is 9.53 Å². The van der Waals surface area contributed by atoms with E-state index in [9.17, 15) is 4.79 Å². The Hall–Kier alpha value is -2.54. The molecular formula is C18H16BrN3O3. The molecule has 0 amide bonds. The molecule has 0 bridgehead atoms. The zero-order valence-corrected chi connectivity index (χ0v) is 15.3. The number of esters is 1. The minimum atomic E-state index is -0.361. The van der Waals surface area contributed by atoms with E-state index in [4.69, 9.17) is 9.15 Å².